The number of nitrogens with zero attached hydrogens (tertiary/aromatic N) is 1. The highest BCUT2D eigenvalue weighted by Crippen LogP contribution is 1.97. The molecule has 70 valence electrons. The lowest BCUT2D eigenvalue weighted by Gasteiger charge is -2.02. The Bertz CT molecular complexity index is 299. The monoisotopic (exact) mass is 179 g/mol. The van der Waals surface area contributed by atoms with E-state index >= 15 is 0 Å². The average molecular weight is 179 g/mol. The van der Waals surface area contributed by atoms with Gasteiger partial charge in [0.15, 0.2) is 0 Å². The van der Waals surface area contributed by atoms with Crippen LogP contribution in [0.25, 0.3) is 0 Å². The van der Waals surface area contributed by atoms with Gasteiger partial charge in [0.2, 0.25) is 0 Å². The first-order valence-corrected chi connectivity index (χ1v) is 4.16. The maximum absolute atomic E-state index is 11.3. The van der Waals surface area contributed by atoms with Gasteiger partial charge in [0.1, 0.15) is 5.69 Å². The van der Waals surface area contributed by atoms with Gasteiger partial charge in [0.05, 0.1) is 0 Å². The fraction of sp³-hybridized carbons (Fsp3) is 0.333. The molecule has 0 aliphatic heterocycles. The van der Waals surface area contributed by atoms with Crippen molar-refractivity contribution >= 4 is 5.91 Å². The predicted molar refractivity (Wildman–Crippen MR) is 50.4 cm³/mol. The molecule has 0 aliphatic rings. The number of hydrogen-bond donors (Lipinski definition) is 2. The number of rotatable bonds is 3. The summed E-state index contributed by atoms with van der Waals surface area (Å²) in [7, 11) is 0. The van der Waals surface area contributed by atoms with Gasteiger partial charge in [0.25, 0.3) is 5.91 Å². The summed E-state index contributed by atoms with van der Waals surface area (Å²) in [5, 5.41) is 2.65. The Morgan fingerprint density at radius 1 is 1.62 bits per heavy atom. The molecule has 1 aromatic rings. The summed E-state index contributed by atoms with van der Waals surface area (Å²) in [6.07, 6.45) is 0. The Kier molecular flexibility index (Phi) is 3.40. The molecule has 0 saturated carbocycles. The Balaban J connectivity index is 2.66. The molecule has 0 fully saturated rings. The molecule has 3 N–H and O–H groups in total. The maximum atomic E-state index is 11.3. The van der Waals surface area contributed by atoms with E-state index < -0.39 is 0 Å². The summed E-state index contributed by atoms with van der Waals surface area (Å²) in [6.45, 7) is 2.77. The second-order valence-corrected chi connectivity index (χ2v) is 2.71. The quantitative estimate of drug-likeness (QED) is 0.690. The van der Waals surface area contributed by atoms with E-state index in [0.29, 0.717) is 18.8 Å². The van der Waals surface area contributed by atoms with Crippen LogP contribution < -0.4 is 11.1 Å². The summed E-state index contributed by atoms with van der Waals surface area (Å²) in [6, 6.07) is 5.33. The number of carbonyl (C=O) groups is 1. The molecule has 1 heterocycles. The number of nitrogens with one attached hydrogen (secondary N) is 1. The first-order valence-electron chi connectivity index (χ1n) is 4.16. The van der Waals surface area contributed by atoms with Crippen molar-refractivity contribution in [3.05, 3.63) is 29.6 Å². The molecule has 1 aromatic heterocycles. The molecule has 0 bridgehead atoms. The molecule has 0 atom stereocenters. The molecule has 1 rings (SSSR count). The normalized spacial score (nSPS) is 9.69. The summed E-state index contributed by atoms with van der Waals surface area (Å²) >= 11 is 0. The first-order chi connectivity index (χ1) is 6.24. The summed E-state index contributed by atoms with van der Waals surface area (Å²) in [5.41, 5.74) is 6.52. The lowest BCUT2D eigenvalue weighted by molar-refractivity contribution is 0.0949. The van der Waals surface area contributed by atoms with Gasteiger partial charge in [-0.3, -0.25) is 4.79 Å². The SMILES string of the molecule is Cc1cccc(C(=O)NCCN)n1. The molecule has 1 amide bonds. The molecule has 0 unspecified atom stereocenters. The van der Waals surface area contributed by atoms with E-state index in [9.17, 15) is 4.79 Å². The zero-order valence-corrected chi connectivity index (χ0v) is 7.58. The smallest absolute Gasteiger partial charge is 0.269 e. The van der Waals surface area contributed by atoms with E-state index in [-0.39, 0.29) is 5.91 Å². The number of pyridine rings is 1. The minimum atomic E-state index is -0.172. The fourth-order valence-corrected chi connectivity index (χ4v) is 0.946. The van der Waals surface area contributed by atoms with Gasteiger partial charge in [-0.25, -0.2) is 4.98 Å². The average Bonchev–Trinajstić information content (AvgIpc) is 2.14. The minimum absolute atomic E-state index is 0.172. The lowest BCUT2D eigenvalue weighted by Crippen LogP contribution is -2.29. The van der Waals surface area contributed by atoms with Crippen LogP contribution in [-0.4, -0.2) is 24.0 Å². The highest BCUT2D eigenvalue weighted by molar-refractivity contribution is 5.92. The van der Waals surface area contributed by atoms with Gasteiger partial charge in [0, 0.05) is 18.8 Å². The predicted octanol–water partition coefficient (Wildman–Crippen LogP) is 0.0785. The standard InChI is InChI=1S/C9H13N3O/c1-7-3-2-4-8(12-7)9(13)11-6-5-10/h2-4H,5-6,10H2,1H3,(H,11,13). The zero-order valence-electron chi connectivity index (χ0n) is 7.58. The molecule has 0 aliphatic carbocycles. The molecule has 0 spiro atoms. The van der Waals surface area contributed by atoms with Crippen molar-refractivity contribution < 1.29 is 4.79 Å². The molecule has 4 nitrogen and oxygen atoms in total. The Morgan fingerprint density at radius 2 is 2.38 bits per heavy atom. The van der Waals surface area contributed by atoms with Crippen molar-refractivity contribution in [2.75, 3.05) is 13.1 Å². The second-order valence-electron chi connectivity index (χ2n) is 2.71. The van der Waals surface area contributed by atoms with E-state index in [4.69, 9.17) is 5.73 Å². The van der Waals surface area contributed by atoms with Crippen molar-refractivity contribution in [3.63, 3.8) is 0 Å². The van der Waals surface area contributed by atoms with Crippen molar-refractivity contribution in [2.45, 2.75) is 6.92 Å². The number of aromatic nitrogens is 1. The topological polar surface area (TPSA) is 68.0 Å². The van der Waals surface area contributed by atoms with Crippen LogP contribution in [0.15, 0.2) is 18.2 Å². The Morgan fingerprint density at radius 3 is 3.00 bits per heavy atom. The van der Waals surface area contributed by atoms with Crippen LogP contribution in [0.2, 0.25) is 0 Å². The Labute approximate surface area is 77.2 Å². The number of hydrogen-bond acceptors (Lipinski definition) is 3. The first kappa shape index (κ1) is 9.67. The number of aryl methyl sites for hydroxylation is 1. The number of amides is 1. The highest BCUT2D eigenvalue weighted by Gasteiger charge is 2.04. The summed E-state index contributed by atoms with van der Waals surface area (Å²) in [5.74, 6) is -0.172. The van der Waals surface area contributed by atoms with E-state index in [1.165, 1.54) is 0 Å². The third kappa shape index (κ3) is 2.83. The van der Waals surface area contributed by atoms with Crippen LogP contribution in [-0.2, 0) is 0 Å². The molecule has 0 saturated heterocycles. The van der Waals surface area contributed by atoms with Gasteiger partial charge >= 0.3 is 0 Å². The van der Waals surface area contributed by atoms with E-state index in [1.807, 2.05) is 13.0 Å². The Hall–Kier alpha value is -1.42. The number of nitrogens with two attached hydrogens (primary N) is 1. The van der Waals surface area contributed by atoms with Gasteiger partial charge in [-0.15, -0.1) is 0 Å². The minimum Gasteiger partial charge on any atom is -0.349 e. The molecule has 13 heavy (non-hydrogen) atoms. The highest BCUT2D eigenvalue weighted by atomic mass is 16.1. The van der Waals surface area contributed by atoms with E-state index in [1.54, 1.807) is 12.1 Å². The van der Waals surface area contributed by atoms with Crippen molar-refractivity contribution in [1.29, 1.82) is 0 Å². The molecular weight excluding hydrogens is 166 g/mol. The molecular formula is C9H13N3O. The van der Waals surface area contributed by atoms with Crippen molar-refractivity contribution in [1.82, 2.24) is 10.3 Å². The van der Waals surface area contributed by atoms with E-state index in [0.717, 1.165) is 5.69 Å². The zero-order chi connectivity index (χ0) is 9.68. The van der Waals surface area contributed by atoms with Crippen LogP contribution >= 0.6 is 0 Å². The number of carbonyl (C=O) groups excluding carboxylic acids is 1. The van der Waals surface area contributed by atoms with E-state index in [2.05, 4.69) is 10.3 Å². The molecule has 0 aromatic carbocycles. The van der Waals surface area contributed by atoms with Crippen LogP contribution in [0, 0.1) is 6.92 Å². The third-order valence-electron chi connectivity index (χ3n) is 1.55. The van der Waals surface area contributed by atoms with Crippen molar-refractivity contribution in [3.8, 4) is 0 Å². The van der Waals surface area contributed by atoms with Gasteiger partial charge in [-0.05, 0) is 19.1 Å². The van der Waals surface area contributed by atoms with Crippen LogP contribution in [0.4, 0.5) is 0 Å². The lowest BCUT2D eigenvalue weighted by atomic mass is 10.3. The van der Waals surface area contributed by atoms with Crippen LogP contribution in [0.1, 0.15) is 16.2 Å². The van der Waals surface area contributed by atoms with Gasteiger partial charge < -0.3 is 11.1 Å². The maximum Gasteiger partial charge on any atom is 0.269 e. The van der Waals surface area contributed by atoms with Gasteiger partial charge in [-0.1, -0.05) is 6.07 Å². The summed E-state index contributed by atoms with van der Waals surface area (Å²) in [4.78, 5) is 15.4. The second kappa shape index (κ2) is 4.57. The molecule has 0 radical (unpaired) electrons. The third-order valence-corrected chi connectivity index (χ3v) is 1.55. The van der Waals surface area contributed by atoms with Crippen LogP contribution in [0.3, 0.4) is 0 Å². The molecule has 4 heteroatoms. The largest absolute Gasteiger partial charge is 0.349 e. The fourth-order valence-electron chi connectivity index (χ4n) is 0.946. The van der Waals surface area contributed by atoms with Crippen molar-refractivity contribution in [2.24, 2.45) is 5.73 Å². The summed E-state index contributed by atoms with van der Waals surface area (Å²) < 4.78 is 0. The van der Waals surface area contributed by atoms with Gasteiger partial charge in [-0.2, -0.15) is 0 Å². The van der Waals surface area contributed by atoms with Crippen LogP contribution in [0.5, 0.6) is 0 Å².